The summed E-state index contributed by atoms with van der Waals surface area (Å²) in [4.78, 5) is 25.5. The van der Waals surface area contributed by atoms with E-state index in [1.807, 2.05) is 0 Å². The molecule has 8 heteroatoms. The highest BCUT2D eigenvalue weighted by atomic mass is 32.2. The van der Waals surface area contributed by atoms with E-state index in [-0.39, 0.29) is 25.1 Å². The Labute approximate surface area is 182 Å². The van der Waals surface area contributed by atoms with Gasteiger partial charge in [-0.15, -0.1) is 11.8 Å². The molecule has 0 bridgehead atoms. The van der Waals surface area contributed by atoms with Crippen molar-refractivity contribution < 1.29 is 28.2 Å². The largest absolute Gasteiger partial charge is 0.457 e. The zero-order valence-electron chi connectivity index (χ0n) is 16.3. The smallest absolute Gasteiger partial charge is 0.339 e. The zero-order chi connectivity index (χ0) is 21.6. The number of halogens is 1. The zero-order valence-corrected chi connectivity index (χ0v) is 17.1. The molecule has 0 aromatic heterocycles. The second-order valence-corrected chi connectivity index (χ2v) is 7.62. The van der Waals surface area contributed by atoms with Gasteiger partial charge < -0.3 is 19.5 Å². The van der Waals surface area contributed by atoms with Gasteiger partial charge in [0.25, 0.3) is 0 Å². The molecule has 1 aliphatic heterocycles. The second kappa shape index (κ2) is 9.53. The molecule has 0 spiro atoms. The summed E-state index contributed by atoms with van der Waals surface area (Å²) in [5.41, 5.74) is 1.50. The number of benzene rings is 3. The van der Waals surface area contributed by atoms with Crippen LogP contribution in [0.2, 0.25) is 0 Å². The number of nitrogens with one attached hydrogen (secondary N) is 1. The van der Waals surface area contributed by atoms with Crippen LogP contribution in [0.25, 0.3) is 0 Å². The molecule has 1 amide bonds. The van der Waals surface area contributed by atoms with Gasteiger partial charge in [0.05, 0.1) is 11.3 Å². The van der Waals surface area contributed by atoms with Crippen LogP contribution in [0.4, 0.5) is 10.1 Å². The van der Waals surface area contributed by atoms with Crippen LogP contribution in [0, 0.1) is 5.82 Å². The summed E-state index contributed by atoms with van der Waals surface area (Å²) < 4.78 is 29.1. The van der Waals surface area contributed by atoms with E-state index < -0.39 is 11.8 Å². The van der Waals surface area contributed by atoms with E-state index in [0.29, 0.717) is 33.2 Å². The topological polar surface area (TPSA) is 73.9 Å². The quantitative estimate of drug-likeness (QED) is 0.427. The van der Waals surface area contributed by atoms with E-state index in [1.165, 1.54) is 23.9 Å². The fourth-order valence-corrected chi connectivity index (χ4v) is 3.77. The van der Waals surface area contributed by atoms with Gasteiger partial charge in [-0.3, -0.25) is 4.79 Å². The Morgan fingerprint density at radius 1 is 1.00 bits per heavy atom. The maximum Gasteiger partial charge on any atom is 0.339 e. The maximum atomic E-state index is 13.3. The Kier molecular flexibility index (Phi) is 6.37. The van der Waals surface area contributed by atoms with E-state index in [1.54, 1.807) is 54.6 Å². The van der Waals surface area contributed by atoms with Crippen LogP contribution in [0.5, 0.6) is 11.5 Å². The van der Waals surface area contributed by atoms with Crippen LogP contribution in [0.3, 0.4) is 0 Å². The number of hydrogen-bond donors (Lipinski definition) is 1. The molecule has 6 nitrogen and oxygen atoms in total. The predicted molar refractivity (Wildman–Crippen MR) is 114 cm³/mol. The monoisotopic (exact) mass is 439 g/mol. The van der Waals surface area contributed by atoms with Crippen LogP contribution in [0.15, 0.2) is 71.6 Å². The molecule has 0 aliphatic carbocycles. The first-order chi connectivity index (χ1) is 15.1. The third-order valence-electron chi connectivity index (χ3n) is 4.38. The van der Waals surface area contributed by atoms with Crippen LogP contribution >= 0.6 is 11.8 Å². The lowest BCUT2D eigenvalue weighted by Crippen LogP contribution is -2.14. The van der Waals surface area contributed by atoms with Gasteiger partial charge in [-0.2, -0.15) is 0 Å². The van der Waals surface area contributed by atoms with Crippen LogP contribution in [-0.4, -0.2) is 24.4 Å². The van der Waals surface area contributed by atoms with Crippen LogP contribution in [0.1, 0.15) is 15.9 Å². The number of anilines is 1. The first kappa shape index (κ1) is 20.7. The molecule has 0 saturated carbocycles. The standard InChI is InChI=1S/C23H18FNO5S/c24-16-5-3-4-15(10-16)12-28-23(27)18-6-1-2-7-21(18)31-13-22(26)25-17-8-9-19-20(11-17)30-14-29-19/h1-11H,12-14H2,(H,25,26). The molecule has 1 N–H and O–H groups in total. The van der Waals surface area contributed by atoms with Crippen molar-refractivity contribution in [3.05, 3.63) is 83.7 Å². The number of rotatable bonds is 7. The highest BCUT2D eigenvalue weighted by Gasteiger charge is 2.16. The van der Waals surface area contributed by atoms with Crippen molar-refractivity contribution in [2.75, 3.05) is 17.9 Å². The lowest BCUT2D eigenvalue weighted by Gasteiger charge is -2.10. The fraction of sp³-hybridized carbons (Fsp3) is 0.130. The average molecular weight is 439 g/mol. The normalized spacial score (nSPS) is 11.8. The van der Waals surface area contributed by atoms with E-state index in [2.05, 4.69) is 5.32 Å². The molecule has 0 radical (unpaired) electrons. The summed E-state index contributed by atoms with van der Waals surface area (Å²) in [5.74, 6) is 0.158. The summed E-state index contributed by atoms with van der Waals surface area (Å²) in [7, 11) is 0. The number of fused-ring (bicyclic) bond motifs is 1. The van der Waals surface area contributed by atoms with Gasteiger partial charge in [-0.05, 0) is 42.0 Å². The molecule has 158 valence electrons. The van der Waals surface area contributed by atoms with Gasteiger partial charge in [0.1, 0.15) is 12.4 Å². The Balaban J connectivity index is 1.34. The summed E-state index contributed by atoms with van der Waals surface area (Å²) in [5, 5.41) is 2.80. The van der Waals surface area contributed by atoms with E-state index >= 15 is 0 Å². The first-order valence-electron chi connectivity index (χ1n) is 9.41. The second-order valence-electron chi connectivity index (χ2n) is 6.61. The molecule has 1 aliphatic rings. The first-order valence-corrected chi connectivity index (χ1v) is 10.4. The fourth-order valence-electron chi connectivity index (χ4n) is 2.93. The van der Waals surface area contributed by atoms with E-state index in [4.69, 9.17) is 14.2 Å². The number of ether oxygens (including phenoxy) is 3. The molecule has 3 aromatic carbocycles. The average Bonchev–Trinajstić information content (AvgIpc) is 3.24. The van der Waals surface area contributed by atoms with Crippen molar-refractivity contribution in [1.82, 2.24) is 0 Å². The summed E-state index contributed by atoms with van der Waals surface area (Å²) >= 11 is 1.22. The van der Waals surface area contributed by atoms with Crippen LogP contribution in [-0.2, 0) is 16.1 Å². The minimum Gasteiger partial charge on any atom is -0.457 e. The van der Waals surface area contributed by atoms with Crippen molar-refractivity contribution in [1.29, 1.82) is 0 Å². The lowest BCUT2D eigenvalue weighted by molar-refractivity contribution is -0.113. The third kappa shape index (κ3) is 5.35. The molecule has 0 atom stereocenters. The SMILES string of the molecule is O=C(CSc1ccccc1C(=O)OCc1cccc(F)c1)Nc1ccc2c(c1)OCO2. The Morgan fingerprint density at radius 2 is 1.84 bits per heavy atom. The molecular weight excluding hydrogens is 421 g/mol. The third-order valence-corrected chi connectivity index (χ3v) is 5.45. The van der Waals surface area contributed by atoms with Crippen molar-refractivity contribution in [2.24, 2.45) is 0 Å². The number of carbonyl (C=O) groups excluding carboxylic acids is 2. The van der Waals surface area contributed by atoms with Crippen molar-refractivity contribution >= 4 is 29.3 Å². The van der Waals surface area contributed by atoms with Crippen molar-refractivity contribution in [2.45, 2.75) is 11.5 Å². The Hall–Kier alpha value is -3.52. The minimum absolute atomic E-state index is 0.0415. The molecule has 3 aromatic rings. The number of amides is 1. The Bertz CT molecular complexity index is 1120. The lowest BCUT2D eigenvalue weighted by atomic mass is 10.2. The van der Waals surface area contributed by atoms with Gasteiger partial charge in [-0.25, -0.2) is 9.18 Å². The summed E-state index contributed by atoms with van der Waals surface area (Å²) in [6.45, 7) is 0.120. The van der Waals surface area contributed by atoms with Gasteiger partial charge >= 0.3 is 5.97 Å². The van der Waals surface area contributed by atoms with Gasteiger partial charge in [0.2, 0.25) is 12.7 Å². The van der Waals surface area contributed by atoms with E-state index in [9.17, 15) is 14.0 Å². The van der Waals surface area contributed by atoms with E-state index in [0.717, 1.165) is 0 Å². The molecular formula is C23H18FNO5S. The van der Waals surface area contributed by atoms with Crippen molar-refractivity contribution in [3.8, 4) is 11.5 Å². The molecule has 0 fully saturated rings. The Morgan fingerprint density at radius 3 is 2.71 bits per heavy atom. The number of thioether (sulfide) groups is 1. The van der Waals surface area contributed by atoms with Crippen LogP contribution < -0.4 is 14.8 Å². The minimum atomic E-state index is -0.538. The van der Waals surface area contributed by atoms with Gasteiger partial charge in [0, 0.05) is 16.6 Å². The number of hydrogen-bond acceptors (Lipinski definition) is 6. The molecule has 0 unspecified atom stereocenters. The summed E-state index contributed by atoms with van der Waals surface area (Å²) in [6, 6.07) is 17.9. The molecule has 4 rings (SSSR count). The van der Waals surface area contributed by atoms with Gasteiger partial charge in [-0.1, -0.05) is 24.3 Å². The number of carbonyl (C=O) groups is 2. The molecule has 1 heterocycles. The summed E-state index contributed by atoms with van der Waals surface area (Å²) in [6.07, 6.45) is 0. The highest BCUT2D eigenvalue weighted by Crippen LogP contribution is 2.34. The predicted octanol–water partition coefficient (Wildman–Crippen LogP) is 4.64. The maximum absolute atomic E-state index is 13.3. The molecule has 31 heavy (non-hydrogen) atoms. The number of esters is 1. The van der Waals surface area contributed by atoms with Gasteiger partial charge in [0.15, 0.2) is 11.5 Å². The molecule has 0 saturated heterocycles. The highest BCUT2D eigenvalue weighted by molar-refractivity contribution is 8.00. The van der Waals surface area contributed by atoms with Crippen molar-refractivity contribution in [3.63, 3.8) is 0 Å².